The second kappa shape index (κ2) is 5.55. The lowest BCUT2D eigenvalue weighted by Gasteiger charge is -2.12. The van der Waals surface area contributed by atoms with Crippen molar-refractivity contribution in [3.05, 3.63) is 50.7 Å². The molecule has 1 aromatic carbocycles. The summed E-state index contributed by atoms with van der Waals surface area (Å²) in [6.07, 6.45) is 0. The van der Waals surface area contributed by atoms with Crippen LogP contribution in [0.5, 0.6) is 5.75 Å². The Morgan fingerprint density at radius 2 is 1.89 bits per heavy atom. The van der Waals surface area contributed by atoms with Crippen molar-refractivity contribution in [1.29, 1.82) is 0 Å². The molecule has 1 atom stereocenters. The zero-order valence-electron chi connectivity index (χ0n) is 9.22. The Bertz CT molecular complexity index is 550. The summed E-state index contributed by atoms with van der Waals surface area (Å²) in [6, 6.07) is 5.73. The smallest absolute Gasteiger partial charge is 0.134 e. The molecule has 0 spiro atoms. The molecule has 0 saturated carbocycles. The van der Waals surface area contributed by atoms with Gasteiger partial charge in [0, 0.05) is 22.6 Å². The van der Waals surface area contributed by atoms with Gasteiger partial charge in [0.2, 0.25) is 0 Å². The predicted octanol–water partition coefficient (Wildman–Crippen LogP) is 5.17. The summed E-state index contributed by atoms with van der Waals surface area (Å²) >= 11 is 10.4. The number of hydrogen-bond acceptors (Lipinski definition) is 2. The Hall–Kier alpha value is -0.650. The van der Waals surface area contributed by atoms with Gasteiger partial charge >= 0.3 is 0 Å². The number of benzene rings is 1. The molecule has 0 aliphatic carbocycles. The highest BCUT2D eigenvalue weighted by molar-refractivity contribution is 9.09. The monoisotopic (exact) mass is 352 g/mol. The van der Waals surface area contributed by atoms with Gasteiger partial charge in [-0.15, -0.1) is 11.3 Å². The summed E-state index contributed by atoms with van der Waals surface area (Å²) in [5.74, 6) is -1.16. The third kappa shape index (κ3) is 2.68. The topological polar surface area (TPSA) is 9.23 Å². The molecule has 0 aliphatic rings. The number of rotatable bonds is 3. The first kappa shape index (κ1) is 13.8. The van der Waals surface area contributed by atoms with Crippen molar-refractivity contribution in [3.8, 4) is 5.75 Å². The van der Waals surface area contributed by atoms with E-state index in [1.807, 2.05) is 0 Å². The van der Waals surface area contributed by atoms with E-state index in [1.165, 1.54) is 18.4 Å². The van der Waals surface area contributed by atoms with Crippen molar-refractivity contribution in [2.24, 2.45) is 0 Å². The van der Waals surface area contributed by atoms with E-state index < -0.39 is 16.5 Å². The lowest BCUT2D eigenvalue weighted by Crippen LogP contribution is -2.00. The first-order chi connectivity index (χ1) is 8.52. The summed E-state index contributed by atoms with van der Waals surface area (Å²) < 4.78 is 33.1. The molecule has 0 amide bonds. The molecule has 1 aromatic heterocycles. The summed E-state index contributed by atoms with van der Waals surface area (Å²) in [6.45, 7) is 0. The highest BCUT2D eigenvalue weighted by Crippen LogP contribution is 2.39. The first-order valence-corrected chi connectivity index (χ1v) is 7.06. The van der Waals surface area contributed by atoms with Crippen molar-refractivity contribution in [3.63, 3.8) is 0 Å². The Kier molecular flexibility index (Phi) is 4.25. The van der Waals surface area contributed by atoms with Gasteiger partial charge in [0.15, 0.2) is 0 Å². The number of halogens is 4. The third-order valence-electron chi connectivity index (χ3n) is 2.39. The van der Waals surface area contributed by atoms with Crippen LogP contribution in [0.25, 0.3) is 0 Å². The molecule has 6 heteroatoms. The normalized spacial score (nSPS) is 12.5. The number of thiophene rings is 1. The van der Waals surface area contributed by atoms with Gasteiger partial charge in [-0.25, -0.2) is 8.78 Å². The van der Waals surface area contributed by atoms with Crippen LogP contribution in [0.15, 0.2) is 24.3 Å². The van der Waals surface area contributed by atoms with Crippen LogP contribution in [0.4, 0.5) is 8.78 Å². The summed E-state index contributed by atoms with van der Waals surface area (Å²) in [4.78, 5) is 0.170. The summed E-state index contributed by atoms with van der Waals surface area (Å²) in [5.41, 5.74) is -0.0469. The fourth-order valence-corrected chi connectivity index (χ4v) is 3.45. The molecule has 1 heterocycles. The van der Waals surface area contributed by atoms with Crippen LogP contribution in [0.1, 0.15) is 15.3 Å². The number of hydrogen-bond donors (Lipinski definition) is 0. The molecule has 0 N–H and O–H groups in total. The average molecular weight is 354 g/mol. The van der Waals surface area contributed by atoms with E-state index in [1.54, 1.807) is 12.1 Å². The Morgan fingerprint density at radius 1 is 1.28 bits per heavy atom. The minimum absolute atomic E-state index is 0.0469. The van der Waals surface area contributed by atoms with Gasteiger partial charge in [-0.3, -0.25) is 0 Å². The van der Waals surface area contributed by atoms with E-state index in [0.29, 0.717) is 4.34 Å². The van der Waals surface area contributed by atoms with Gasteiger partial charge in [0.1, 0.15) is 17.4 Å². The fraction of sp³-hybridized carbons (Fsp3) is 0.167. The molecule has 18 heavy (non-hydrogen) atoms. The zero-order valence-corrected chi connectivity index (χ0v) is 12.4. The van der Waals surface area contributed by atoms with E-state index in [9.17, 15) is 8.78 Å². The molecule has 0 saturated heterocycles. The van der Waals surface area contributed by atoms with Gasteiger partial charge in [0.05, 0.1) is 16.3 Å². The number of alkyl halides is 1. The predicted molar refractivity (Wildman–Crippen MR) is 73.0 cm³/mol. The molecule has 2 rings (SSSR count). The van der Waals surface area contributed by atoms with Gasteiger partial charge in [-0.2, -0.15) is 0 Å². The second-order valence-electron chi connectivity index (χ2n) is 3.51. The maximum absolute atomic E-state index is 13.9. The Labute approximate surface area is 120 Å². The highest BCUT2D eigenvalue weighted by atomic mass is 79.9. The summed E-state index contributed by atoms with van der Waals surface area (Å²) in [7, 11) is 1.36. The molecule has 0 bridgehead atoms. The molecule has 1 nitrogen and oxygen atoms in total. The van der Waals surface area contributed by atoms with Crippen LogP contribution in [0, 0.1) is 11.6 Å². The molecular formula is C12H8BrClF2OS. The van der Waals surface area contributed by atoms with E-state index in [2.05, 4.69) is 15.9 Å². The fourth-order valence-electron chi connectivity index (χ4n) is 1.53. The molecule has 0 radical (unpaired) electrons. The molecule has 2 aromatic rings. The maximum atomic E-state index is 13.9. The molecule has 1 unspecified atom stereocenters. The minimum Gasteiger partial charge on any atom is -0.497 e. The first-order valence-electron chi connectivity index (χ1n) is 4.95. The quantitative estimate of drug-likeness (QED) is 0.692. The average Bonchev–Trinajstić information content (AvgIpc) is 2.74. The Balaban J connectivity index is 2.44. The second-order valence-corrected chi connectivity index (χ2v) is 6.17. The van der Waals surface area contributed by atoms with E-state index >= 15 is 0 Å². The third-order valence-corrected chi connectivity index (χ3v) is 4.94. The highest BCUT2D eigenvalue weighted by Gasteiger charge is 2.22. The van der Waals surface area contributed by atoms with Crippen molar-refractivity contribution in [2.45, 2.75) is 4.83 Å². The van der Waals surface area contributed by atoms with E-state index in [0.717, 1.165) is 17.0 Å². The standard InChI is InChI=1S/C12H8BrClF2OS/c1-17-6-4-7(15)11(8(16)5-6)12(13)9-2-3-10(14)18-9/h2-5,12H,1H3. The molecule has 96 valence electrons. The van der Waals surface area contributed by atoms with Gasteiger partial charge in [0.25, 0.3) is 0 Å². The number of ether oxygens (including phenoxy) is 1. The van der Waals surface area contributed by atoms with Crippen LogP contribution in [0.2, 0.25) is 4.34 Å². The number of methoxy groups -OCH3 is 1. The van der Waals surface area contributed by atoms with Crippen molar-refractivity contribution in [2.75, 3.05) is 7.11 Å². The molecular weight excluding hydrogens is 346 g/mol. The van der Waals surface area contributed by atoms with Gasteiger partial charge < -0.3 is 4.74 Å². The zero-order chi connectivity index (χ0) is 13.3. The minimum atomic E-state index is -0.654. The molecule has 0 aliphatic heterocycles. The van der Waals surface area contributed by atoms with Gasteiger partial charge in [-0.1, -0.05) is 27.5 Å². The SMILES string of the molecule is COc1cc(F)c(C(Br)c2ccc(Cl)s2)c(F)c1. The van der Waals surface area contributed by atoms with E-state index in [4.69, 9.17) is 16.3 Å². The lowest BCUT2D eigenvalue weighted by molar-refractivity contribution is 0.405. The van der Waals surface area contributed by atoms with E-state index in [-0.39, 0.29) is 11.3 Å². The van der Waals surface area contributed by atoms with Crippen LogP contribution >= 0.6 is 38.9 Å². The largest absolute Gasteiger partial charge is 0.497 e. The van der Waals surface area contributed by atoms with Crippen molar-refractivity contribution >= 4 is 38.9 Å². The van der Waals surface area contributed by atoms with Crippen LogP contribution in [0.3, 0.4) is 0 Å². The molecule has 0 fully saturated rings. The van der Waals surface area contributed by atoms with Crippen molar-refractivity contribution < 1.29 is 13.5 Å². The maximum Gasteiger partial charge on any atom is 0.134 e. The summed E-state index contributed by atoms with van der Waals surface area (Å²) in [5, 5.41) is 0. The van der Waals surface area contributed by atoms with Gasteiger partial charge in [-0.05, 0) is 12.1 Å². The van der Waals surface area contributed by atoms with Crippen molar-refractivity contribution in [1.82, 2.24) is 0 Å². The van der Waals surface area contributed by atoms with Crippen LogP contribution in [-0.4, -0.2) is 7.11 Å². The Morgan fingerprint density at radius 3 is 2.33 bits per heavy atom. The van der Waals surface area contributed by atoms with Crippen LogP contribution < -0.4 is 4.74 Å². The van der Waals surface area contributed by atoms with Crippen LogP contribution in [-0.2, 0) is 0 Å². The lowest BCUT2D eigenvalue weighted by atomic mass is 10.1.